The largest absolute Gasteiger partial charge is 0.459 e. The topological polar surface area (TPSA) is 31.2 Å². The zero-order valence-corrected chi connectivity index (χ0v) is 8.28. The fraction of sp³-hybridized carbons (Fsp3) is 0.500. The van der Waals surface area contributed by atoms with E-state index in [4.69, 9.17) is 4.74 Å². The van der Waals surface area contributed by atoms with E-state index in [0.29, 0.717) is 0 Å². The predicted molar refractivity (Wildman–Crippen MR) is 50.3 cm³/mol. The molecule has 0 saturated carbocycles. The summed E-state index contributed by atoms with van der Waals surface area (Å²) in [4.78, 5) is 11.3. The Hall–Kier alpha value is -1.25. The van der Waals surface area contributed by atoms with Crippen LogP contribution in [0.4, 0.5) is 0 Å². The van der Waals surface area contributed by atoms with Crippen LogP contribution in [0, 0.1) is 0 Å². The number of esters is 1. The second kappa shape index (κ2) is 3.64. The Balaban J connectivity index is 2.43. The molecule has 0 amide bonds. The number of carbonyl (C=O) groups is 1. The minimum absolute atomic E-state index is 0.205. The molecule has 0 bridgehead atoms. The van der Waals surface area contributed by atoms with E-state index in [1.54, 1.807) is 4.57 Å². The first-order chi connectivity index (χ1) is 5.97. The van der Waals surface area contributed by atoms with E-state index in [0.717, 1.165) is 0 Å². The van der Waals surface area contributed by atoms with Gasteiger partial charge in [-0.2, -0.15) is 0 Å². The van der Waals surface area contributed by atoms with Crippen LogP contribution in [0.25, 0.3) is 0 Å². The Bertz CT molecular complexity index is 270. The fourth-order valence-electron chi connectivity index (χ4n) is 0.998. The fourth-order valence-corrected chi connectivity index (χ4v) is 0.998. The van der Waals surface area contributed by atoms with Gasteiger partial charge in [0.25, 0.3) is 0 Å². The molecule has 0 aliphatic heterocycles. The van der Waals surface area contributed by atoms with Crippen molar-refractivity contribution in [2.75, 3.05) is 0 Å². The average Bonchev–Trinajstić information content (AvgIpc) is 2.34. The Morgan fingerprint density at radius 2 is 1.85 bits per heavy atom. The summed E-state index contributed by atoms with van der Waals surface area (Å²) in [5.74, 6) is -0.205. The van der Waals surface area contributed by atoms with E-state index >= 15 is 0 Å². The van der Waals surface area contributed by atoms with Crippen LogP contribution in [0.2, 0.25) is 0 Å². The van der Waals surface area contributed by atoms with Crippen molar-refractivity contribution in [3.8, 4) is 0 Å². The highest BCUT2D eigenvalue weighted by atomic mass is 16.6. The van der Waals surface area contributed by atoms with Gasteiger partial charge in [-0.1, -0.05) is 0 Å². The van der Waals surface area contributed by atoms with Gasteiger partial charge in [-0.15, -0.1) is 0 Å². The van der Waals surface area contributed by atoms with Gasteiger partial charge >= 0.3 is 5.97 Å². The summed E-state index contributed by atoms with van der Waals surface area (Å²) in [6.45, 7) is 5.87. The van der Waals surface area contributed by atoms with Crippen molar-refractivity contribution < 1.29 is 9.53 Å². The molecule has 0 radical (unpaired) electrons. The van der Waals surface area contributed by atoms with Gasteiger partial charge in [0, 0.05) is 12.4 Å². The molecule has 0 spiro atoms. The normalized spacial score (nSPS) is 11.3. The van der Waals surface area contributed by atoms with E-state index in [9.17, 15) is 4.79 Å². The third-order valence-corrected chi connectivity index (χ3v) is 1.40. The number of hydrogen-bond donors (Lipinski definition) is 0. The molecule has 1 heterocycles. The smallest absolute Gasteiger partial charge is 0.326 e. The molecule has 13 heavy (non-hydrogen) atoms. The quantitative estimate of drug-likeness (QED) is 0.652. The molecule has 0 unspecified atom stereocenters. The lowest BCUT2D eigenvalue weighted by molar-refractivity contribution is -0.155. The molecule has 0 aromatic carbocycles. The first-order valence-corrected chi connectivity index (χ1v) is 4.30. The van der Waals surface area contributed by atoms with Crippen LogP contribution in [-0.4, -0.2) is 16.1 Å². The highest BCUT2D eigenvalue weighted by Gasteiger charge is 2.15. The van der Waals surface area contributed by atoms with Gasteiger partial charge in [0.15, 0.2) is 0 Å². The van der Waals surface area contributed by atoms with Crippen molar-refractivity contribution >= 4 is 5.97 Å². The highest BCUT2D eigenvalue weighted by Crippen LogP contribution is 2.07. The molecule has 0 fully saturated rings. The molecule has 1 aromatic rings. The number of nitrogens with zero attached hydrogens (tertiary/aromatic N) is 1. The minimum atomic E-state index is -0.399. The molecular formula is C10H15NO2. The summed E-state index contributed by atoms with van der Waals surface area (Å²) < 4.78 is 6.94. The monoisotopic (exact) mass is 181 g/mol. The van der Waals surface area contributed by atoms with E-state index < -0.39 is 5.60 Å². The zero-order chi connectivity index (χ0) is 9.90. The van der Waals surface area contributed by atoms with Crippen molar-refractivity contribution in [2.45, 2.75) is 32.9 Å². The second-order valence-corrected chi connectivity index (χ2v) is 3.94. The molecule has 1 rings (SSSR count). The maximum atomic E-state index is 11.3. The van der Waals surface area contributed by atoms with Crippen molar-refractivity contribution in [1.29, 1.82) is 0 Å². The van der Waals surface area contributed by atoms with Crippen LogP contribution in [-0.2, 0) is 16.1 Å². The summed E-state index contributed by atoms with van der Waals surface area (Å²) in [6, 6.07) is 3.76. The molecule has 72 valence electrons. The molecule has 0 N–H and O–H groups in total. The van der Waals surface area contributed by atoms with E-state index in [1.165, 1.54) is 0 Å². The second-order valence-electron chi connectivity index (χ2n) is 3.94. The van der Waals surface area contributed by atoms with Gasteiger partial charge < -0.3 is 9.30 Å². The van der Waals surface area contributed by atoms with E-state index in [2.05, 4.69) is 0 Å². The van der Waals surface area contributed by atoms with Crippen LogP contribution in [0.5, 0.6) is 0 Å². The molecule has 3 nitrogen and oxygen atoms in total. The first-order valence-electron chi connectivity index (χ1n) is 4.30. The molecule has 3 heteroatoms. The van der Waals surface area contributed by atoms with Gasteiger partial charge in [0.1, 0.15) is 12.1 Å². The Kier molecular flexibility index (Phi) is 2.76. The first kappa shape index (κ1) is 9.84. The van der Waals surface area contributed by atoms with Crippen LogP contribution in [0.3, 0.4) is 0 Å². The van der Waals surface area contributed by atoms with Crippen LogP contribution in [0.15, 0.2) is 24.5 Å². The Morgan fingerprint density at radius 1 is 1.31 bits per heavy atom. The standard InChI is InChI=1S/C10H15NO2/c1-10(2,3)13-9(12)8-11-6-4-5-7-11/h4-7H,8H2,1-3H3. The summed E-state index contributed by atoms with van der Waals surface area (Å²) in [6.07, 6.45) is 3.67. The van der Waals surface area contributed by atoms with Crippen molar-refractivity contribution in [3.05, 3.63) is 24.5 Å². The zero-order valence-electron chi connectivity index (χ0n) is 8.28. The predicted octanol–water partition coefficient (Wildman–Crippen LogP) is 1.83. The molecule has 0 atom stereocenters. The number of carbonyl (C=O) groups excluding carboxylic acids is 1. The molecular weight excluding hydrogens is 166 g/mol. The van der Waals surface area contributed by atoms with Crippen molar-refractivity contribution in [3.63, 3.8) is 0 Å². The summed E-state index contributed by atoms with van der Waals surface area (Å²) in [5.41, 5.74) is -0.399. The lowest BCUT2D eigenvalue weighted by atomic mass is 10.2. The summed E-state index contributed by atoms with van der Waals surface area (Å²) >= 11 is 0. The Labute approximate surface area is 78.3 Å². The highest BCUT2D eigenvalue weighted by molar-refractivity contribution is 5.69. The number of ether oxygens (including phenoxy) is 1. The maximum absolute atomic E-state index is 11.3. The van der Waals surface area contributed by atoms with Crippen LogP contribution < -0.4 is 0 Å². The van der Waals surface area contributed by atoms with Gasteiger partial charge in [-0.05, 0) is 32.9 Å². The van der Waals surface area contributed by atoms with Crippen LogP contribution >= 0.6 is 0 Å². The van der Waals surface area contributed by atoms with E-state index in [-0.39, 0.29) is 12.5 Å². The Morgan fingerprint density at radius 3 is 2.31 bits per heavy atom. The lowest BCUT2D eigenvalue weighted by Gasteiger charge is -2.19. The van der Waals surface area contributed by atoms with Gasteiger partial charge in [-0.3, -0.25) is 4.79 Å². The third kappa shape index (κ3) is 3.78. The number of aromatic nitrogens is 1. The maximum Gasteiger partial charge on any atom is 0.326 e. The molecule has 0 aliphatic carbocycles. The van der Waals surface area contributed by atoms with Gasteiger partial charge in [0.05, 0.1) is 0 Å². The number of hydrogen-bond acceptors (Lipinski definition) is 2. The number of rotatable bonds is 2. The average molecular weight is 181 g/mol. The molecule has 0 aliphatic rings. The SMILES string of the molecule is CC(C)(C)OC(=O)Cn1cccc1. The summed E-state index contributed by atoms with van der Waals surface area (Å²) in [5, 5.41) is 0. The minimum Gasteiger partial charge on any atom is -0.459 e. The molecule has 0 saturated heterocycles. The molecule has 1 aromatic heterocycles. The summed E-state index contributed by atoms with van der Waals surface area (Å²) in [7, 11) is 0. The van der Waals surface area contributed by atoms with Crippen molar-refractivity contribution in [2.24, 2.45) is 0 Å². The van der Waals surface area contributed by atoms with E-state index in [1.807, 2.05) is 45.3 Å². The lowest BCUT2D eigenvalue weighted by Crippen LogP contribution is -2.26. The third-order valence-electron chi connectivity index (χ3n) is 1.40. The van der Waals surface area contributed by atoms with Gasteiger partial charge in [-0.25, -0.2) is 0 Å². The van der Waals surface area contributed by atoms with Crippen LogP contribution in [0.1, 0.15) is 20.8 Å². The van der Waals surface area contributed by atoms with Gasteiger partial charge in [0.2, 0.25) is 0 Å². The van der Waals surface area contributed by atoms with Crippen molar-refractivity contribution in [1.82, 2.24) is 4.57 Å².